The smallest absolute Gasteiger partial charge is 0.339 e. The van der Waals surface area contributed by atoms with E-state index in [1.54, 1.807) is 47.4 Å². The van der Waals surface area contributed by atoms with Crippen LogP contribution in [0.15, 0.2) is 58.8 Å². The number of aromatic nitrogens is 1. The minimum absolute atomic E-state index is 0.0762. The second kappa shape index (κ2) is 8.65. The molecule has 0 radical (unpaired) electrons. The Labute approximate surface area is 160 Å². The summed E-state index contributed by atoms with van der Waals surface area (Å²) in [6, 6.07) is 16.6. The molecule has 26 heavy (non-hydrogen) atoms. The number of carbonyl (C=O) groups excluding carboxylic acids is 1. The Morgan fingerprint density at radius 1 is 1.23 bits per heavy atom. The summed E-state index contributed by atoms with van der Waals surface area (Å²) in [7, 11) is 0. The van der Waals surface area contributed by atoms with Gasteiger partial charge in [-0.15, -0.1) is 23.1 Å². The highest BCUT2D eigenvalue weighted by Crippen LogP contribution is 2.27. The van der Waals surface area contributed by atoms with Gasteiger partial charge in [0.25, 0.3) is 0 Å². The zero-order valence-corrected chi connectivity index (χ0v) is 15.8. The third-order valence-corrected chi connectivity index (χ3v) is 5.58. The lowest BCUT2D eigenvalue weighted by atomic mass is 10.1. The molecule has 0 saturated heterocycles. The Bertz CT molecular complexity index is 960. The van der Waals surface area contributed by atoms with Crippen molar-refractivity contribution in [3.05, 3.63) is 81.3 Å². The van der Waals surface area contributed by atoms with Crippen LogP contribution in [0.5, 0.6) is 0 Å². The number of hydrogen-bond donors (Lipinski definition) is 0. The summed E-state index contributed by atoms with van der Waals surface area (Å²) in [5, 5.41) is 12.2. The molecule has 0 bridgehead atoms. The van der Waals surface area contributed by atoms with E-state index in [1.807, 2.05) is 36.6 Å². The fourth-order valence-electron chi connectivity index (χ4n) is 2.36. The van der Waals surface area contributed by atoms with E-state index in [4.69, 9.17) is 10.00 Å². The van der Waals surface area contributed by atoms with Crippen molar-refractivity contribution in [2.75, 3.05) is 0 Å². The normalized spacial score (nSPS) is 10.3. The maximum atomic E-state index is 12.5. The Kier molecular flexibility index (Phi) is 6.05. The van der Waals surface area contributed by atoms with Crippen LogP contribution in [-0.2, 0) is 17.1 Å². The van der Waals surface area contributed by atoms with Crippen LogP contribution in [0.1, 0.15) is 32.2 Å². The molecule has 0 aliphatic heterocycles. The molecule has 1 heterocycles. The van der Waals surface area contributed by atoms with Gasteiger partial charge in [-0.3, -0.25) is 0 Å². The van der Waals surface area contributed by atoms with Crippen LogP contribution in [0, 0.1) is 18.3 Å². The van der Waals surface area contributed by atoms with Gasteiger partial charge in [0.2, 0.25) is 0 Å². The third kappa shape index (κ3) is 4.51. The number of hydrogen-bond acceptors (Lipinski definition) is 6. The van der Waals surface area contributed by atoms with Crippen LogP contribution in [0.3, 0.4) is 0 Å². The highest BCUT2D eigenvalue weighted by molar-refractivity contribution is 7.98. The molecule has 2 aromatic carbocycles. The van der Waals surface area contributed by atoms with Crippen molar-refractivity contribution < 1.29 is 9.53 Å². The zero-order valence-electron chi connectivity index (χ0n) is 14.1. The number of nitrogens with zero attached hydrogens (tertiary/aromatic N) is 2. The highest BCUT2D eigenvalue weighted by atomic mass is 32.2. The van der Waals surface area contributed by atoms with E-state index in [-0.39, 0.29) is 6.61 Å². The lowest BCUT2D eigenvalue weighted by Gasteiger charge is -2.09. The lowest BCUT2D eigenvalue weighted by molar-refractivity contribution is 0.0468. The summed E-state index contributed by atoms with van der Waals surface area (Å²) in [4.78, 5) is 17.8. The Morgan fingerprint density at radius 3 is 2.77 bits per heavy atom. The fourth-order valence-corrected chi connectivity index (χ4v) is 4.01. The topological polar surface area (TPSA) is 63.0 Å². The average Bonchev–Trinajstić information content (AvgIpc) is 3.10. The van der Waals surface area contributed by atoms with E-state index in [0.717, 1.165) is 15.6 Å². The van der Waals surface area contributed by atoms with Crippen molar-refractivity contribution in [2.45, 2.75) is 24.2 Å². The number of thioether (sulfide) groups is 1. The number of esters is 1. The number of nitriles is 1. The molecular weight excluding hydrogens is 364 g/mol. The largest absolute Gasteiger partial charge is 0.457 e. The Hall–Kier alpha value is -2.62. The van der Waals surface area contributed by atoms with E-state index in [2.05, 4.69) is 11.1 Å². The summed E-state index contributed by atoms with van der Waals surface area (Å²) in [6.45, 7) is 2.05. The minimum atomic E-state index is -0.393. The van der Waals surface area contributed by atoms with E-state index in [0.29, 0.717) is 22.4 Å². The molecule has 0 aliphatic carbocycles. The molecule has 0 fully saturated rings. The number of rotatable bonds is 6. The summed E-state index contributed by atoms with van der Waals surface area (Å²) in [6.07, 6.45) is 0. The maximum Gasteiger partial charge on any atom is 0.339 e. The summed E-state index contributed by atoms with van der Waals surface area (Å²) >= 11 is 3.18. The summed E-state index contributed by atoms with van der Waals surface area (Å²) in [5.74, 6) is 0.307. The van der Waals surface area contributed by atoms with Crippen molar-refractivity contribution >= 4 is 29.1 Å². The molecular formula is C20H16N2O2S2. The molecule has 0 N–H and O–H groups in total. The third-order valence-electron chi connectivity index (χ3n) is 3.65. The first kappa shape index (κ1) is 18.2. The summed E-state index contributed by atoms with van der Waals surface area (Å²) < 4.78 is 5.44. The van der Waals surface area contributed by atoms with Crippen LogP contribution < -0.4 is 0 Å². The Morgan fingerprint density at radius 2 is 2.00 bits per heavy atom. The fraction of sp³-hybridized carbons (Fsp3) is 0.150. The number of benzene rings is 2. The number of aryl methyl sites for hydroxylation is 1. The van der Waals surface area contributed by atoms with Crippen LogP contribution in [0.25, 0.3) is 0 Å². The maximum absolute atomic E-state index is 12.5. The number of thiazole rings is 1. The molecule has 0 atom stereocenters. The standard InChI is InChI=1S/C20H16N2O2S2/c1-14-22-17(12-25-14)13-26-19-9-5-4-8-18(19)20(23)24-11-16-7-3-2-6-15(16)10-21/h2-9,12H,11,13H2,1H3. The first-order valence-electron chi connectivity index (χ1n) is 7.95. The molecule has 0 saturated carbocycles. The van der Waals surface area contributed by atoms with Crippen LogP contribution in [0.4, 0.5) is 0 Å². The van der Waals surface area contributed by atoms with Gasteiger partial charge in [-0.25, -0.2) is 9.78 Å². The van der Waals surface area contributed by atoms with Crippen molar-refractivity contribution in [1.82, 2.24) is 4.98 Å². The van der Waals surface area contributed by atoms with E-state index >= 15 is 0 Å². The molecule has 0 spiro atoms. The van der Waals surface area contributed by atoms with Gasteiger partial charge >= 0.3 is 5.97 Å². The van der Waals surface area contributed by atoms with Gasteiger partial charge in [-0.2, -0.15) is 5.26 Å². The number of carbonyl (C=O) groups is 1. The van der Waals surface area contributed by atoms with Gasteiger partial charge in [0.15, 0.2) is 0 Å². The predicted molar refractivity (Wildman–Crippen MR) is 103 cm³/mol. The lowest BCUT2D eigenvalue weighted by Crippen LogP contribution is -2.07. The van der Waals surface area contributed by atoms with Crippen LogP contribution >= 0.6 is 23.1 Å². The molecule has 1 aromatic heterocycles. The van der Waals surface area contributed by atoms with E-state index in [1.165, 1.54) is 0 Å². The molecule has 0 aliphatic rings. The van der Waals surface area contributed by atoms with Crippen molar-refractivity contribution in [1.29, 1.82) is 5.26 Å². The molecule has 4 nitrogen and oxygen atoms in total. The molecule has 6 heteroatoms. The molecule has 0 unspecified atom stereocenters. The van der Waals surface area contributed by atoms with E-state index in [9.17, 15) is 4.79 Å². The molecule has 130 valence electrons. The SMILES string of the molecule is Cc1nc(CSc2ccccc2C(=O)OCc2ccccc2C#N)cs1. The zero-order chi connectivity index (χ0) is 18.4. The highest BCUT2D eigenvalue weighted by Gasteiger charge is 2.14. The van der Waals surface area contributed by atoms with Crippen LogP contribution in [0.2, 0.25) is 0 Å². The second-order valence-electron chi connectivity index (χ2n) is 5.49. The van der Waals surface area contributed by atoms with Crippen LogP contribution in [-0.4, -0.2) is 11.0 Å². The monoisotopic (exact) mass is 380 g/mol. The van der Waals surface area contributed by atoms with Gasteiger partial charge in [-0.1, -0.05) is 30.3 Å². The van der Waals surface area contributed by atoms with Gasteiger partial charge in [0.1, 0.15) is 6.61 Å². The minimum Gasteiger partial charge on any atom is -0.457 e. The van der Waals surface area contributed by atoms with Gasteiger partial charge in [0.05, 0.1) is 27.9 Å². The second-order valence-corrected chi connectivity index (χ2v) is 7.57. The first-order valence-corrected chi connectivity index (χ1v) is 9.82. The average molecular weight is 380 g/mol. The number of ether oxygens (including phenoxy) is 1. The van der Waals surface area contributed by atoms with Gasteiger partial charge in [0, 0.05) is 21.6 Å². The van der Waals surface area contributed by atoms with Gasteiger partial charge < -0.3 is 4.74 Å². The van der Waals surface area contributed by atoms with Crippen molar-refractivity contribution in [3.63, 3.8) is 0 Å². The molecule has 3 rings (SSSR count). The quantitative estimate of drug-likeness (QED) is 0.446. The molecule has 0 amide bonds. The Balaban J connectivity index is 1.68. The van der Waals surface area contributed by atoms with Gasteiger partial charge in [-0.05, 0) is 25.1 Å². The van der Waals surface area contributed by atoms with E-state index < -0.39 is 5.97 Å². The van der Waals surface area contributed by atoms with Crippen molar-refractivity contribution in [2.24, 2.45) is 0 Å². The molecule has 3 aromatic rings. The summed E-state index contributed by atoms with van der Waals surface area (Å²) in [5.41, 5.74) is 2.75. The predicted octanol–water partition coefficient (Wildman–Crippen LogP) is 4.97. The van der Waals surface area contributed by atoms with Crippen molar-refractivity contribution in [3.8, 4) is 6.07 Å². The first-order chi connectivity index (χ1) is 12.7.